The molecule has 0 saturated carbocycles. The molecule has 1 aliphatic heterocycles. The number of aliphatic hydroxyl groups is 1. The minimum atomic E-state index is -3.07. The summed E-state index contributed by atoms with van der Waals surface area (Å²) < 4.78 is 21.8. The van der Waals surface area contributed by atoms with Gasteiger partial charge >= 0.3 is 12.0 Å². The molecule has 0 aromatic rings. The van der Waals surface area contributed by atoms with E-state index in [4.69, 9.17) is 5.11 Å². The molecule has 0 aromatic carbocycles. The highest BCUT2D eigenvalue weighted by Crippen LogP contribution is 2.17. The number of likely N-dealkylation sites (tertiary alicyclic amines) is 1. The first kappa shape index (κ1) is 15.7. The molecule has 2 amide bonds. The molecule has 0 radical (unpaired) electrons. The third-order valence-corrected chi connectivity index (χ3v) is 3.82. The zero-order valence-electron chi connectivity index (χ0n) is 10.6. The van der Waals surface area contributed by atoms with Crippen LogP contribution in [-0.2, 0) is 14.6 Å². The molecule has 1 aliphatic rings. The Kier molecular flexibility index (Phi) is 5.12. The molecule has 1 heterocycles. The first-order valence-electron chi connectivity index (χ1n) is 5.84. The van der Waals surface area contributed by atoms with Crippen molar-refractivity contribution in [1.29, 1.82) is 0 Å². The first-order chi connectivity index (χ1) is 8.70. The van der Waals surface area contributed by atoms with Crippen molar-refractivity contribution in [3.8, 4) is 0 Å². The van der Waals surface area contributed by atoms with Crippen molar-refractivity contribution in [3.05, 3.63) is 0 Å². The van der Waals surface area contributed by atoms with Crippen LogP contribution in [0.2, 0.25) is 0 Å². The average molecular weight is 294 g/mol. The molecule has 0 aliphatic carbocycles. The maximum absolute atomic E-state index is 11.7. The number of carbonyl (C=O) groups excluding carboxylic acids is 1. The lowest BCUT2D eigenvalue weighted by Gasteiger charge is -2.21. The fourth-order valence-corrected chi connectivity index (χ4v) is 2.57. The van der Waals surface area contributed by atoms with E-state index in [2.05, 4.69) is 5.32 Å². The van der Waals surface area contributed by atoms with Gasteiger partial charge in [0.2, 0.25) is 0 Å². The van der Waals surface area contributed by atoms with E-state index >= 15 is 0 Å². The Hall–Kier alpha value is -1.35. The summed E-state index contributed by atoms with van der Waals surface area (Å²) >= 11 is 0. The lowest BCUT2D eigenvalue weighted by molar-refractivity contribution is -0.141. The first-order valence-corrected chi connectivity index (χ1v) is 7.90. The molecule has 110 valence electrons. The zero-order valence-corrected chi connectivity index (χ0v) is 11.4. The number of β-amino-alcohol motifs (C(OH)–C–C–N with tert-alkyl or cyclic N) is 1. The van der Waals surface area contributed by atoms with Gasteiger partial charge in [-0.25, -0.2) is 18.0 Å². The predicted molar refractivity (Wildman–Crippen MR) is 66.5 cm³/mol. The molecule has 1 rings (SSSR count). The Bertz CT molecular complexity index is 449. The maximum Gasteiger partial charge on any atom is 0.326 e. The maximum atomic E-state index is 11.7. The lowest BCUT2D eigenvalue weighted by atomic mass is 10.2. The number of urea groups is 1. The highest BCUT2D eigenvalue weighted by atomic mass is 32.2. The second-order valence-corrected chi connectivity index (χ2v) is 6.87. The Balaban J connectivity index is 2.42. The smallest absolute Gasteiger partial charge is 0.326 e. The van der Waals surface area contributed by atoms with Crippen molar-refractivity contribution in [3.63, 3.8) is 0 Å². The van der Waals surface area contributed by atoms with Crippen molar-refractivity contribution in [2.24, 2.45) is 0 Å². The number of carboxylic acids is 1. The van der Waals surface area contributed by atoms with Gasteiger partial charge in [0.15, 0.2) is 0 Å². The Morgan fingerprint density at radius 1 is 1.42 bits per heavy atom. The molecule has 9 heteroatoms. The molecule has 8 nitrogen and oxygen atoms in total. The van der Waals surface area contributed by atoms with Crippen LogP contribution in [0.25, 0.3) is 0 Å². The van der Waals surface area contributed by atoms with E-state index in [0.717, 1.165) is 11.2 Å². The van der Waals surface area contributed by atoms with Crippen molar-refractivity contribution >= 4 is 21.8 Å². The van der Waals surface area contributed by atoms with E-state index in [1.807, 2.05) is 0 Å². The molecular weight excluding hydrogens is 276 g/mol. The molecule has 2 atom stereocenters. The third kappa shape index (κ3) is 5.03. The number of hydrogen-bond acceptors (Lipinski definition) is 5. The highest BCUT2D eigenvalue weighted by molar-refractivity contribution is 7.90. The molecule has 0 bridgehead atoms. The number of nitrogens with one attached hydrogen (secondary N) is 1. The second-order valence-electron chi connectivity index (χ2n) is 4.61. The van der Waals surface area contributed by atoms with Crippen molar-refractivity contribution in [2.75, 3.05) is 25.1 Å². The van der Waals surface area contributed by atoms with Crippen LogP contribution >= 0.6 is 0 Å². The summed E-state index contributed by atoms with van der Waals surface area (Å²) in [5.41, 5.74) is 0. The molecular formula is C10H18N2O6S. The Morgan fingerprint density at radius 2 is 2.05 bits per heavy atom. The summed E-state index contributed by atoms with van der Waals surface area (Å²) in [6, 6.07) is -1.64. The summed E-state index contributed by atoms with van der Waals surface area (Å²) in [6.45, 7) is 0.111. The van der Waals surface area contributed by atoms with Gasteiger partial charge in [0, 0.05) is 25.8 Å². The summed E-state index contributed by atoms with van der Waals surface area (Å²) in [6.07, 6.45) is 0.527. The van der Waals surface area contributed by atoms with Gasteiger partial charge < -0.3 is 20.4 Å². The van der Waals surface area contributed by atoms with Crippen LogP contribution in [-0.4, -0.2) is 72.8 Å². The van der Waals surface area contributed by atoms with Gasteiger partial charge in [-0.05, 0) is 6.42 Å². The minimum absolute atomic E-state index is 0.00604. The number of aliphatic hydroxyl groups excluding tert-OH is 1. The van der Waals surface area contributed by atoms with Crippen LogP contribution < -0.4 is 5.32 Å². The molecule has 0 unspecified atom stereocenters. The van der Waals surface area contributed by atoms with Gasteiger partial charge in [0.05, 0.1) is 11.9 Å². The quantitative estimate of drug-likeness (QED) is 0.539. The molecule has 0 aromatic heterocycles. The number of hydrogen-bond donors (Lipinski definition) is 3. The van der Waals surface area contributed by atoms with Gasteiger partial charge in [-0.1, -0.05) is 0 Å². The van der Waals surface area contributed by atoms with Crippen molar-refractivity contribution in [2.45, 2.75) is 25.0 Å². The van der Waals surface area contributed by atoms with Crippen molar-refractivity contribution < 1.29 is 28.2 Å². The number of sulfone groups is 1. The average Bonchev–Trinajstić information content (AvgIpc) is 2.65. The number of amides is 2. The van der Waals surface area contributed by atoms with Crippen LogP contribution in [0, 0.1) is 0 Å². The van der Waals surface area contributed by atoms with E-state index < -0.39 is 34.0 Å². The standard InChI is InChI=1S/C10H18N2O6S/c1-19(17,18)4-2-3-11-10(16)12-6-7(13)5-8(12)9(14)15/h7-8,13H,2-6H2,1H3,(H,11,16)(H,14,15)/t7-,8+/m1/s1. The predicted octanol–water partition coefficient (Wildman–Crippen LogP) is -1.35. The van der Waals surface area contributed by atoms with E-state index in [9.17, 15) is 23.1 Å². The number of nitrogens with zero attached hydrogens (tertiary/aromatic N) is 1. The summed E-state index contributed by atoms with van der Waals surface area (Å²) in [7, 11) is -3.07. The molecule has 0 spiro atoms. The third-order valence-electron chi connectivity index (χ3n) is 2.79. The SMILES string of the molecule is CS(=O)(=O)CCCNC(=O)N1C[C@H](O)C[C@H]1C(=O)O. The van der Waals surface area contributed by atoms with Crippen LogP contribution in [0.3, 0.4) is 0 Å². The van der Waals surface area contributed by atoms with Crippen LogP contribution in [0.5, 0.6) is 0 Å². The number of rotatable bonds is 5. The summed E-state index contributed by atoms with van der Waals surface area (Å²) in [5, 5.41) is 20.7. The largest absolute Gasteiger partial charge is 0.480 e. The number of carbonyl (C=O) groups is 2. The Labute approximate surface area is 111 Å². The topological polar surface area (TPSA) is 124 Å². The van der Waals surface area contributed by atoms with Crippen molar-refractivity contribution in [1.82, 2.24) is 10.2 Å². The van der Waals surface area contributed by atoms with Gasteiger partial charge in [0.1, 0.15) is 15.9 Å². The molecule has 3 N–H and O–H groups in total. The summed E-state index contributed by atoms with van der Waals surface area (Å²) in [4.78, 5) is 23.7. The van der Waals surface area contributed by atoms with E-state index in [0.29, 0.717) is 0 Å². The van der Waals surface area contributed by atoms with E-state index in [1.165, 1.54) is 0 Å². The fourth-order valence-electron chi connectivity index (χ4n) is 1.90. The highest BCUT2D eigenvalue weighted by Gasteiger charge is 2.38. The second kappa shape index (κ2) is 6.20. The van der Waals surface area contributed by atoms with Gasteiger partial charge in [0.25, 0.3) is 0 Å². The Morgan fingerprint density at radius 3 is 2.58 bits per heavy atom. The summed E-state index contributed by atoms with van der Waals surface area (Å²) in [5.74, 6) is -1.21. The van der Waals surface area contributed by atoms with Crippen LogP contribution in [0.4, 0.5) is 4.79 Å². The molecule has 19 heavy (non-hydrogen) atoms. The zero-order chi connectivity index (χ0) is 14.6. The lowest BCUT2D eigenvalue weighted by Crippen LogP contribution is -2.46. The van der Waals surface area contributed by atoms with Crippen LogP contribution in [0.15, 0.2) is 0 Å². The monoisotopic (exact) mass is 294 g/mol. The number of carboxylic acid groups (broad SMARTS) is 1. The fraction of sp³-hybridized carbons (Fsp3) is 0.800. The molecule has 1 saturated heterocycles. The van der Waals surface area contributed by atoms with Gasteiger partial charge in [-0.2, -0.15) is 0 Å². The normalized spacial score (nSPS) is 23.4. The molecule has 1 fully saturated rings. The van der Waals surface area contributed by atoms with Gasteiger partial charge in [-0.15, -0.1) is 0 Å². The van der Waals surface area contributed by atoms with Gasteiger partial charge in [-0.3, -0.25) is 0 Å². The van der Waals surface area contributed by atoms with E-state index in [1.54, 1.807) is 0 Å². The van der Waals surface area contributed by atoms with Crippen LogP contribution in [0.1, 0.15) is 12.8 Å². The van der Waals surface area contributed by atoms with E-state index in [-0.39, 0.29) is 31.7 Å². The minimum Gasteiger partial charge on any atom is -0.480 e. The number of aliphatic carboxylic acids is 1.